The molecule has 2 aromatic carbocycles. The molecule has 0 spiro atoms. The van der Waals surface area contributed by atoms with E-state index in [4.69, 9.17) is 25.6 Å². The van der Waals surface area contributed by atoms with E-state index in [0.717, 1.165) is 23.4 Å². The number of carbonyl (C=O) groups excluding carboxylic acids is 1. The number of nitrogens with zero attached hydrogens (tertiary/aromatic N) is 1. The average Bonchev–Trinajstić information content (AvgIpc) is 3.59. The molecule has 0 amide bonds. The number of aromatic nitrogens is 1. The second kappa shape index (κ2) is 9.92. The summed E-state index contributed by atoms with van der Waals surface area (Å²) < 4.78 is 17.3. The Morgan fingerprint density at radius 2 is 2.06 bits per heavy atom. The normalized spacial score (nSPS) is 14.4. The van der Waals surface area contributed by atoms with Gasteiger partial charge in [0.05, 0.1) is 18.2 Å². The van der Waals surface area contributed by atoms with Gasteiger partial charge in [0.15, 0.2) is 6.29 Å². The Kier molecular flexibility index (Phi) is 7.03. The van der Waals surface area contributed by atoms with Crippen molar-refractivity contribution in [3.63, 3.8) is 0 Å². The summed E-state index contributed by atoms with van der Waals surface area (Å²) in [5.74, 6) is 1.68. The van der Waals surface area contributed by atoms with Gasteiger partial charge >= 0.3 is 0 Å². The van der Waals surface area contributed by atoms with Crippen molar-refractivity contribution in [2.24, 2.45) is 0 Å². The van der Waals surface area contributed by atoms with Crippen LogP contribution in [0.2, 0.25) is 5.02 Å². The number of halogens is 1. The second-order valence-corrected chi connectivity index (χ2v) is 9.25. The van der Waals surface area contributed by atoms with Gasteiger partial charge in [-0.25, -0.2) is 0 Å². The summed E-state index contributed by atoms with van der Waals surface area (Å²) in [5, 5.41) is 4.93. The molecule has 31 heavy (non-hydrogen) atoms. The molecule has 0 radical (unpaired) electrons. The number of fused-ring (bicyclic) bond motifs is 1. The number of pyridine rings is 1. The van der Waals surface area contributed by atoms with Crippen LogP contribution in [0.3, 0.4) is 0 Å². The largest absolute Gasteiger partial charge is 0.496 e. The molecule has 3 aromatic rings. The zero-order valence-corrected chi connectivity index (χ0v) is 19.1. The first-order valence-electron chi connectivity index (χ1n) is 10.2. The monoisotopic (exact) mass is 458 g/mol. The van der Waals surface area contributed by atoms with E-state index >= 15 is 0 Å². The Balaban J connectivity index is 1.56. The van der Waals surface area contributed by atoms with Gasteiger partial charge in [-0.3, -0.25) is 14.9 Å². The molecule has 1 aliphatic carbocycles. The molecule has 1 atom stereocenters. The molecule has 162 valence electrons. The van der Waals surface area contributed by atoms with Crippen LogP contribution in [0.1, 0.15) is 35.7 Å². The molecular weight excluding hydrogens is 435 g/mol. The third-order valence-corrected chi connectivity index (χ3v) is 7.14. The van der Waals surface area contributed by atoms with E-state index in [0.29, 0.717) is 46.0 Å². The van der Waals surface area contributed by atoms with Crippen molar-refractivity contribution in [1.82, 2.24) is 10.1 Å². The topological polar surface area (TPSA) is 69.7 Å². The Hall–Kier alpha value is -2.24. The summed E-state index contributed by atoms with van der Waals surface area (Å²) >= 11 is 6.57. The lowest BCUT2D eigenvalue weighted by molar-refractivity contribution is 0.112. The van der Waals surface area contributed by atoms with Crippen LogP contribution < -0.4 is 14.6 Å². The highest BCUT2D eigenvalue weighted by Crippen LogP contribution is 2.43. The molecule has 8 heteroatoms. The number of benzene rings is 2. The van der Waals surface area contributed by atoms with Crippen molar-refractivity contribution in [2.75, 3.05) is 13.7 Å². The van der Waals surface area contributed by atoms with Gasteiger partial charge in [-0.1, -0.05) is 17.7 Å². The molecule has 1 saturated carbocycles. The summed E-state index contributed by atoms with van der Waals surface area (Å²) in [6.07, 6.45) is 5.59. The second-order valence-electron chi connectivity index (χ2n) is 7.25. The summed E-state index contributed by atoms with van der Waals surface area (Å²) in [6, 6.07) is 11.5. The molecular formula is C23H24ClN2O4P. The van der Waals surface area contributed by atoms with Crippen molar-refractivity contribution >= 4 is 37.1 Å². The lowest BCUT2D eigenvalue weighted by Crippen LogP contribution is -2.12. The summed E-state index contributed by atoms with van der Waals surface area (Å²) in [5.41, 5.74) is 2.14. The van der Waals surface area contributed by atoms with Crippen LogP contribution in [0, 0.1) is 0 Å². The minimum atomic E-state index is -0.750. The van der Waals surface area contributed by atoms with E-state index in [2.05, 4.69) is 10.1 Å². The Labute approximate surface area is 187 Å². The van der Waals surface area contributed by atoms with Crippen LogP contribution in [-0.2, 0) is 10.7 Å². The average molecular weight is 459 g/mol. The number of aldehydes is 1. The summed E-state index contributed by atoms with van der Waals surface area (Å²) in [4.78, 5) is 15.8. The first-order chi connectivity index (χ1) is 15.1. The third kappa shape index (κ3) is 5.34. The number of nitrogens with one attached hydrogen (secondary N) is 1. The van der Waals surface area contributed by atoms with Gasteiger partial charge in [0.25, 0.3) is 0 Å². The maximum absolute atomic E-state index is 11.4. The smallest absolute Gasteiger partial charge is 0.153 e. The minimum absolute atomic E-state index is 0.439. The number of hydrogen-bond acceptors (Lipinski definition) is 6. The maximum Gasteiger partial charge on any atom is 0.153 e. The fourth-order valence-electron chi connectivity index (χ4n) is 3.22. The number of methoxy groups -OCH3 is 1. The standard InChI is InChI=1S/C23H24ClN2O4P/c1-3-29-31(26-17-5-6-17)14-15-4-7-18(11-20(15)24)30-22-8-9-25-21-12-23(28-2)16(13-27)10-19(21)22/h4,7-13,17,26H,3,5-6,14H2,1-2H3. The van der Waals surface area contributed by atoms with Gasteiger partial charge in [-0.2, -0.15) is 0 Å². The number of rotatable bonds is 10. The van der Waals surface area contributed by atoms with E-state index < -0.39 is 8.30 Å². The van der Waals surface area contributed by atoms with Crippen LogP contribution in [0.25, 0.3) is 10.9 Å². The zero-order valence-electron chi connectivity index (χ0n) is 17.4. The SMILES string of the molecule is CCOP(Cc1ccc(Oc2ccnc3cc(OC)c(C=O)cc23)cc1Cl)NC1CC1. The molecule has 4 rings (SSSR count). The first-order valence-corrected chi connectivity index (χ1v) is 12.0. The first kappa shape index (κ1) is 22.0. The predicted octanol–water partition coefficient (Wildman–Crippen LogP) is 6.10. The maximum atomic E-state index is 11.4. The number of hydrogen-bond donors (Lipinski definition) is 1. The van der Waals surface area contributed by atoms with Crippen molar-refractivity contribution in [1.29, 1.82) is 0 Å². The van der Waals surface area contributed by atoms with Crippen LogP contribution in [0.15, 0.2) is 42.6 Å². The van der Waals surface area contributed by atoms with Crippen LogP contribution in [-0.4, -0.2) is 31.0 Å². The van der Waals surface area contributed by atoms with Crippen molar-refractivity contribution < 1.29 is 18.8 Å². The molecule has 1 unspecified atom stereocenters. The Morgan fingerprint density at radius 1 is 1.23 bits per heavy atom. The van der Waals surface area contributed by atoms with Crippen molar-refractivity contribution in [2.45, 2.75) is 32.0 Å². The minimum Gasteiger partial charge on any atom is -0.496 e. The van der Waals surface area contributed by atoms with Crippen molar-refractivity contribution in [3.05, 3.63) is 58.7 Å². The molecule has 1 aliphatic rings. The van der Waals surface area contributed by atoms with E-state index in [9.17, 15) is 4.79 Å². The molecule has 0 bridgehead atoms. The van der Waals surface area contributed by atoms with Gasteiger partial charge in [-0.15, -0.1) is 0 Å². The summed E-state index contributed by atoms with van der Waals surface area (Å²) in [7, 11) is 0.773. The molecule has 0 saturated heterocycles. The van der Waals surface area contributed by atoms with E-state index in [1.54, 1.807) is 24.4 Å². The highest BCUT2D eigenvalue weighted by molar-refractivity contribution is 7.49. The van der Waals surface area contributed by atoms with Gasteiger partial charge < -0.3 is 14.0 Å². The highest BCUT2D eigenvalue weighted by Gasteiger charge is 2.25. The van der Waals surface area contributed by atoms with E-state index in [1.165, 1.54) is 20.0 Å². The van der Waals surface area contributed by atoms with E-state index in [1.807, 2.05) is 25.1 Å². The lowest BCUT2D eigenvalue weighted by Gasteiger charge is -2.19. The van der Waals surface area contributed by atoms with Crippen LogP contribution in [0.5, 0.6) is 17.2 Å². The Morgan fingerprint density at radius 3 is 2.74 bits per heavy atom. The van der Waals surface area contributed by atoms with Gasteiger partial charge in [0.2, 0.25) is 0 Å². The molecule has 6 nitrogen and oxygen atoms in total. The van der Waals surface area contributed by atoms with E-state index in [-0.39, 0.29) is 0 Å². The summed E-state index contributed by atoms with van der Waals surface area (Å²) in [6.45, 7) is 2.68. The van der Waals surface area contributed by atoms with Gasteiger partial charge in [-0.05, 0) is 49.6 Å². The van der Waals surface area contributed by atoms with Gasteiger partial charge in [0, 0.05) is 41.5 Å². The highest BCUT2D eigenvalue weighted by atomic mass is 35.5. The molecule has 1 aromatic heterocycles. The Bertz CT molecular complexity index is 1090. The quantitative estimate of drug-likeness (QED) is 0.292. The third-order valence-electron chi connectivity index (χ3n) is 4.94. The van der Waals surface area contributed by atoms with Crippen LogP contribution in [0.4, 0.5) is 0 Å². The van der Waals surface area contributed by atoms with Crippen LogP contribution >= 0.6 is 19.9 Å². The zero-order chi connectivity index (χ0) is 21.8. The van der Waals surface area contributed by atoms with Crippen molar-refractivity contribution in [3.8, 4) is 17.2 Å². The molecule has 1 N–H and O–H groups in total. The predicted molar refractivity (Wildman–Crippen MR) is 124 cm³/mol. The molecule has 1 fully saturated rings. The number of ether oxygens (including phenoxy) is 2. The fourth-order valence-corrected chi connectivity index (χ4v) is 5.37. The number of carbonyl (C=O) groups is 1. The lowest BCUT2D eigenvalue weighted by atomic mass is 10.1. The van der Waals surface area contributed by atoms with Gasteiger partial charge in [0.1, 0.15) is 25.5 Å². The molecule has 1 heterocycles. The fraction of sp³-hybridized carbons (Fsp3) is 0.304. The molecule has 0 aliphatic heterocycles.